The van der Waals surface area contributed by atoms with Crippen molar-refractivity contribution >= 4 is 15.9 Å². The van der Waals surface area contributed by atoms with Crippen molar-refractivity contribution in [1.29, 1.82) is 0 Å². The smallest absolute Gasteiger partial charge is 0.174 e. The van der Waals surface area contributed by atoms with E-state index in [0.717, 1.165) is 11.1 Å². The number of hydrogen-bond donors (Lipinski definition) is 1. The van der Waals surface area contributed by atoms with E-state index in [1.165, 1.54) is 6.26 Å². The van der Waals surface area contributed by atoms with E-state index < -0.39 is 6.10 Å². The van der Waals surface area contributed by atoms with E-state index in [0.29, 0.717) is 11.1 Å². The van der Waals surface area contributed by atoms with Crippen molar-refractivity contribution in [2.24, 2.45) is 0 Å². The van der Waals surface area contributed by atoms with E-state index in [1.54, 1.807) is 18.6 Å². The molecule has 0 radical (unpaired) electrons. The maximum absolute atomic E-state index is 9.83. The summed E-state index contributed by atoms with van der Waals surface area (Å²) in [5.74, 6) is 0. The lowest BCUT2D eigenvalue weighted by Gasteiger charge is -2.06. The van der Waals surface area contributed by atoms with Crippen LogP contribution < -0.4 is 0 Å². The maximum atomic E-state index is 9.83. The number of hydrogen-bond acceptors (Lipinski definition) is 3. The van der Waals surface area contributed by atoms with Gasteiger partial charge in [-0.15, -0.1) is 0 Å². The van der Waals surface area contributed by atoms with Gasteiger partial charge in [-0.3, -0.25) is 0 Å². The highest BCUT2D eigenvalue weighted by Crippen LogP contribution is 2.26. The van der Waals surface area contributed by atoms with Crippen molar-refractivity contribution < 1.29 is 13.9 Å². The summed E-state index contributed by atoms with van der Waals surface area (Å²) in [6.07, 6.45) is 4.71. The van der Waals surface area contributed by atoms with Gasteiger partial charge in [0.2, 0.25) is 0 Å². The van der Waals surface area contributed by atoms with Gasteiger partial charge in [-0.05, 0) is 33.6 Å². The lowest BCUT2D eigenvalue weighted by molar-refractivity contribution is 0.176. The number of furan rings is 2. The number of rotatable bonds is 3. The molecule has 4 heteroatoms. The average Bonchev–Trinajstić information content (AvgIpc) is 2.75. The molecule has 74 valence electrons. The fraction of sp³-hybridized carbons (Fsp3) is 0.200. The van der Waals surface area contributed by atoms with Crippen LogP contribution in [0.15, 0.2) is 44.4 Å². The zero-order chi connectivity index (χ0) is 9.97. The number of aliphatic hydroxyl groups is 1. The summed E-state index contributed by atoms with van der Waals surface area (Å²) in [7, 11) is 0. The molecule has 0 fully saturated rings. The molecule has 0 aliphatic carbocycles. The van der Waals surface area contributed by atoms with Gasteiger partial charge < -0.3 is 13.9 Å². The minimum atomic E-state index is -0.569. The van der Waals surface area contributed by atoms with Crippen LogP contribution in [0.3, 0.4) is 0 Å². The van der Waals surface area contributed by atoms with Crippen LogP contribution in [0, 0.1) is 0 Å². The van der Waals surface area contributed by atoms with Crippen molar-refractivity contribution in [3.05, 3.63) is 46.7 Å². The molecule has 14 heavy (non-hydrogen) atoms. The van der Waals surface area contributed by atoms with Gasteiger partial charge in [0, 0.05) is 12.0 Å². The van der Waals surface area contributed by atoms with Crippen molar-refractivity contribution in [2.75, 3.05) is 0 Å². The molecule has 0 aromatic carbocycles. The molecule has 1 N–H and O–H groups in total. The zero-order valence-corrected chi connectivity index (χ0v) is 8.90. The highest BCUT2D eigenvalue weighted by Gasteiger charge is 2.14. The summed E-state index contributed by atoms with van der Waals surface area (Å²) in [6, 6.07) is 3.58. The Morgan fingerprint density at radius 3 is 2.79 bits per heavy atom. The first kappa shape index (κ1) is 9.55. The van der Waals surface area contributed by atoms with Crippen LogP contribution in [0.25, 0.3) is 0 Å². The molecule has 0 bridgehead atoms. The van der Waals surface area contributed by atoms with Crippen LogP contribution in [-0.4, -0.2) is 5.11 Å². The van der Waals surface area contributed by atoms with Crippen molar-refractivity contribution in [3.8, 4) is 0 Å². The Bertz CT molecular complexity index is 391. The minimum absolute atomic E-state index is 0.522. The Hall–Kier alpha value is -1.00. The predicted octanol–water partition coefficient (Wildman–Crippen LogP) is 2.91. The highest BCUT2D eigenvalue weighted by atomic mass is 79.9. The molecule has 0 amide bonds. The van der Waals surface area contributed by atoms with Gasteiger partial charge in [-0.2, -0.15) is 0 Å². The lowest BCUT2D eigenvalue weighted by Crippen LogP contribution is -1.99. The van der Waals surface area contributed by atoms with E-state index in [-0.39, 0.29) is 0 Å². The van der Waals surface area contributed by atoms with Crippen LogP contribution in [0.2, 0.25) is 0 Å². The van der Waals surface area contributed by atoms with Gasteiger partial charge in [0.15, 0.2) is 4.67 Å². The second-order valence-corrected chi connectivity index (χ2v) is 3.72. The van der Waals surface area contributed by atoms with E-state index in [1.807, 2.05) is 6.07 Å². The molecule has 1 unspecified atom stereocenters. The molecular formula is C10H9BrO3. The average molecular weight is 257 g/mol. The lowest BCUT2D eigenvalue weighted by atomic mass is 10.1. The quantitative estimate of drug-likeness (QED) is 0.919. The van der Waals surface area contributed by atoms with E-state index >= 15 is 0 Å². The van der Waals surface area contributed by atoms with Crippen LogP contribution >= 0.6 is 15.9 Å². The van der Waals surface area contributed by atoms with Gasteiger partial charge in [0.25, 0.3) is 0 Å². The first-order valence-corrected chi connectivity index (χ1v) is 4.98. The summed E-state index contributed by atoms with van der Waals surface area (Å²) in [4.78, 5) is 0. The zero-order valence-electron chi connectivity index (χ0n) is 7.31. The molecule has 0 spiro atoms. The molecule has 2 aromatic heterocycles. The Labute approximate surface area is 89.5 Å². The highest BCUT2D eigenvalue weighted by molar-refractivity contribution is 9.10. The molecule has 0 saturated carbocycles. The molecule has 0 aliphatic rings. The SMILES string of the molecule is OC(Cc1ccoc1)c1ccoc1Br. The Morgan fingerprint density at radius 1 is 1.36 bits per heavy atom. The van der Waals surface area contributed by atoms with Crippen molar-refractivity contribution in [2.45, 2.75) is 12.5 Å². The Morgan fingerprint density at radius 2 is 2.21 bits per heavy atom. The third-order valence-corrected chi connectivity index (χ3v) is 2.66. The van der Waals surface area contributed by atoms with Gasteiger partial charge >= 0.3 is 0 Å². The van der Waals surface area contributed by atoms with Gasteiger partial charge in [-0.25, -0.2) is 0 Å². The van der Waals surface area contributed by atoms with Crippen molar-refractivity contribution in [3.63, 3.8) is 0 Å². The maximum Gasteiger partial charge on any atom is 0.174 e. The second kappa shape index (κ2) is 4.02. The minimum Gasteiger partial charge on any atom is -0.472 e. The molecule has 3 nitrogen and oxygen atoms in total. The third-order valence-electron chi connectivity index (χ3n) is 2.01. The van der Waals surface area contributed by atoms with Crippen LogP contribution in [-0.2, 0) is 6.42 Å². The normalized spacial score (nSPS) is 13.0. The summed E-state index contributed by atoms with van der Waals surface area (Å²) >= 11 is 3.22. The van der Waals surface area contributed by atoms with Crippen LogP contribution in [0.5, 0.6) is 0 Å². The first-order chi connectivity index (χ1) is 6.77. The van der Waals surface area contributed by atoms with E-state index in [9.17, 15) is 5.11 Å². The molecule has 2 heterocycles. The monoisotopic (exact) mass is 256 g/mol. The summed E-state index contributed by atoms with van der Waals surface area (Å²) in [5, 5.41) is 9.83. The van der Waals surface area contributed by atoms with Gasteiger partial charge in [-0.1, -0.05) is 0 Å². The Balaban J connectivity index is 2.10. The Kier molecular flexibility index (Phi) is 2.74. The fourth-order valence-corrected chi connectivity index (χ4v) is 1.79. The van der Waals surface area contributed by atoms with Crippen molar-refractivity contribution in [1.82, 2.24) is 0 Å². The van der Waals surface area contributed by atoms with E-state index in [4.69, 9.17) is 8.83 Å². The summed E-state index contributed by atoms with van der Waals surface area (Å²) in [6.45, 7) is 0. The second-order valence-electron chi connectivity index (χ2n) is 3.00. The molecule has 0 saturated heterocycles. The topological polar surface area (TPSA) is 46.5 Å². The van der Waals surface area contributed by atoms with Crippen LogP contribution in [0.1, 0.15) is 17.2 Å². The summed E-state index contributed by atoms with van der Waals surface area (Å²) < 4.78 is 10.5. The molecule has 1 atom stereocenters. The summed E-state index contributed by atoms with van der Waals surface area (Å²) in [5.41, 5.74) is 1.72. The predicted molar refractivity (Wildman–Crippen MR) is 53.8 cm³/mol. The molecule has 2 aromatic rings. The first-order valence-electron chi connectivity index (χ1n) is 4.19. The number of halogens is 1. The largest absolute Gasteiger partial charge is 0.472 e. The standard InChI is InChI=1S/C10H9BrO3/c11-10-8(2-4-14-10)9(12)5-7-1-3-13-6-7/h1-4,6,9,12H,5H2. The molecular weight excluding hydrogens is 248 g/mol. The van der Waals surface area contributed by atoms with Crippen LogP contribution in [0.4, 0.5) is 0 Å². The third kappa shape index (κ3) is 1.91. The van der Waals surface area contributed by atoms with Gasteiger partial charge in [0.1, 0.15) is 0 Å². The fourth-order valence-electron chi connectivity index (χ4n) is 1.28. The van der Waals surface area contributed by atoms with E-state index in [2.05, 4.69) is 15.9 Å². The van der Waals surface area contributed by atoms with Gasteiger partial charge in [0.05, 0.1) is 24.9 Å². The molecule has 2 rings (SSSR count). The molecule has 0 aliphatic heterocycles. The number of aliphatic hydroxyl groups excluding tert-OH is 1.